The molecule has 0 spiro atoms. The SMILES string of the molecule is CCOC(=O)c1c(N)nn2ccc(N(CC)Cc3c(O)cccc3Cl)nc12. The first-order valence-corrected chi connectivity index (χ1v) is 8.87. The molecule has 0 unspecified atom stereocenters. The van der Waals surface area contributed by atoms with E-state index in [9.17, 15) is 9.90 Å². The lowest BCUT2D eigenvalue weighted by Gasteiger charge is -2.23. The van der Waals surface area contributed by atoms with Gasteiger partial charge < -0.3 is 20.5 Å². The van der Waals surface area contributed by atoms with E-state index in [4.69, 9.17) is 22.1 Å². The lowest BCUT2D eigenvalue weighted by molar-refractivity contribution is 0.0529. The van der Waals surface area contributed by atoms with Crippen LogP contribution in [0.2, 0.25) is 5.02 Å². The van der Waals surface area contributed by atoms with Crippen LogP contribution in [0.15, 0.2) is 30.5 Å². The van der Waals surface area contributed by atoms with Gasteiger partial charge in [0, 0.05) is 29.9 Å². The summed E-state index contributed by atoms with van der Waals surface area (Å²) in [5, 5.41) is 14.7. The summed E-state index contributed by atoms with van der Waals surface area (Å²) in [7, 11) is 0. The fraction of sp³-hybridized carbons (Fsp3) is 0.278. The molecule has 0 fully saturated rings. The lowest BCUT2D eigenvalue weighted by Crippen LogP contribution is -2.23. The Morgan fingerprint density at radius 2 is 2.15 bits per heavy atom. The highest BCUT2D eigenvalue weighted by Gasteiger charge is 2.22. The van der Waals surface area contributed by atoms with Crippen LogP contribution < -0.4 is 10.6 Å². The van der Waals surface area contributed by atoms with Crippen molar-refractivity contribution in [2.75, 3.05) is 23.8 Å². The fourth-order valence-electron chi connectivity index (χ4n) is 2.76. The van der Waals surface area contributed by atoms with E-state index in [0.29, 0.717) is 35.1 Å². The Morgan fingerprint density at radius 3 is 2.81 bits per heavy atom. The number of phenols is 1. The maximum absolute atomic E-state index is 12.2. The molecular formula is C18H20ClN5O3. The minimum Gasteiger partial charge on any atom is -0.508 e. The van der Waals surface area contributed by atoms with Gasteiger partial charge in [-0.05, 0) is 32.0 Å². The average Bonchev–Trinajstić information content (AvgIpc) is 2.96. The number of phenolic OH excluding ortho intramolecular Hbond substituents is 1. The van der Waals surface area contributed by atoms with E-state index in [2.05, 4.69) is 10.1 Å². The second kappa shape index (κ2) is 7.71. The number of carbonyl (C=O) groups excluding carboxylic acids is 1. The van der Waals surface area contributed by atoms with Gasteiger partial charge in [0.15, 0.2) is 11.5 Å². The monoisotopic (exact) mass is 389 g/mol. The van der Waals surface area contributed by atoms with Gasteiger partial charge in [-0.25, -0.2) is 14.3 Å². The molecule has 142 valence electrons. The lowest BCUT2D eigenvalue weighted by atomic mass is 10.2. The van der Waals surface area contributed by atoms with Gasteiger partial charge in [0.2, 0.25) is 0 Å². The Balaban J connectivity index is 2.02. The highest BCUT2D eigenvalue weighted by Crippen LogP contribution is 2.28. The van der Waals surface area contributed by atoms with E-state index in [-0.39, 0.29) is 23.7 Å². The number of halogens is 1. The molecule has 2 heterocycles. The molecule has 1 aromatic carbocycles. The standard InChI is InChI=1S/C18H20ClN5O3/c1-3-23(10-11-12(19)6-5-7-13(11)25)14-8-9-24-17(21-14)15(16(20)22-24)18(26)27-4-2/h5-9,25H,3-4,10H2,1-2H3,(H2,20,22). The third-order valence-electron chi connectivity index (χ3n) is 4.13. The van der Waals surface area contributed by atoms with Crippen LogP contribution in [-0.2, 0) is 11.3 Å². The molecule has 0 atom stereocenters. The van der Waals surface area contributed by atoms with Crippen molar-refractivity contribution >= 4 is 34.9 Å². The maximum Gasteiger partial charge on any atom is 0.345 e. The van der Waals surface area contributed by atoms with Crippen molar-refractivity contribution in [1.82, 2.24) is 14.6 Å². The number of ether oxygens (including phenoxy) is 1. The Bertz CT molecular complexity index is 968. The number of carbonyl (C=O) groups is 1. The molecule has 0 amide bonds. The number of rotatable bonds is 6. The highest BCUT2D eigenvalue weighted by atomic mass is 35.5. The van der Waals surface area contributed by atoms with Crippen LogP contribution in [0.5, 0.6) is 5.75 Å². The minimum atomic E-state index is -0.568. The van der Waals surface area contributed by atoms with Gasteiger partial charge in [-0.3, -0.25) is 0 Å². The van der Waals surface area contributed by atoms with Crippen LogP contribution in [0, 0.1) is 0 Å². The third-order valence-corrected chi connectivity index (χ3v) is 4.48. The van der Waals surface area contributed by atoms with Crippen LogP contribution in [-0.4, -0.2) is 38.8 Å². The number of aromatic nitrogens is 3. The zero-order valence-corrected chi connectivity index (χ0v) is 15.8. The smallest absolute Gasteiger partial charge is 0.345 e. The van der Waals surface area contributed by atoms with Crippen molar-refractivity contribution in [3.05, 3.63) is 46.6 Å². The highest BCUT2D eigenvalue weighted by molar-refractivity contribution is 6.31. The van der Waals surface area contributed by atoms with Gasteiger partial charge in [0.1, 0.15) is 17.1 Å². The van der Waals surface area contributed by atoms with Crippen LogP contribution >= 0.6 is 11.6 Å². The summed E-state index contributed by atoms with van der Waals surface area (Å²) >= 11 is 6.22. The number of benzene rings is 1. The molecule has 0 bridgehead atoms. The Hall–Kier alpha value is -3.00. The largest absolute Gasteiger partial charge is 0.508 e. The van der Waals surface area contributed by atoms with Crippen molar-refractivity contribution in [3.8, 4) is 5.75 Å². The molecule has 2 aromatic heterocycles. The summed E-state index contributed by atoms with van der Waals surface area (Å²) in [5.41, 5.74) is 6.91. The summed E-state index contributed by atoms with van der Waals surface area (Å²) in [6.45, 7) is 4.85. The van der Waals surface area contributed by atoms with E-state index in [1.54, 1.807) is 37.4 Å². The van der Waals surface area contributed by atoms with Crippen molar-refractivity contribution in [3.63, 3.8) is 0 Å². The number of aromatic hydroxyl groups is 1. The molecule has 27 heavy (non-hydrogen) atoms. The first-order valence-electron chi connectivity index (χ1n) is 8.49. The normalized spacial score (nSPS) is 10.9. The molecule has 3 aromatic rings. The number of fused-ring (bicyclic) bond motifs is 1. The van der Waals surface area contributed by atoms with E-state index in [0.717, 1.165) is 0 Å². The van der Waals surface area contributed by atoms with Gasteiger partial charge in [0.05, 0.1) is 6.61 Å². The van der Waals surface area contributed by atoms with E-state index in [1.165, 1.54) is 4.52 Å². The number of hydrogen-bond acceptors (Lipinski definition) is 7. The summed E-state index contributed by atoms with van der Waals surface area (Å²) in [6.07, 6.45) is 1.67. The van der Waals surface area contributed by atoms with Crippen LogP contribution in [0.4, 0.5) is 11.6 Å². The van der Waals surface area contributed by atoms with Crippen molar-refractivity contribution in [1.29, 1.82) is 0 Å². The topological polar surface area (TPSA) is 106 Å². The second-order valence-corrected chi connectivity index (χ2v) is 6.19. The number of nitrogen functional groups attached to an aromatic ring is 1. The van der Waals surface area contributed by atoms with E-state index < -0.39 is 5.97 Å². The minimum absolute atomic E-state index is 0.0601. The van der Waals surface area contributed by atoms with E-state index in [1.807, 2.05) is 11.8 Å². The quantitative estimate of drug-likeness (QED) is 0.624. The average molecular weight is 390 g/mol. The zero-order chi connectivity index (χ0) is 19.6. The fourth-order valence-corrected chi connectivity index (χ4v) is 2.99. The van der Waals surface area contributed by atoms with Crippen molar-refractivity contribution in [2.45, 2.75) is 20.4 Å². The van der Waals surface area contributed by atoms with Crippen molar-refractivity contribution in [2.24, 2.45) is 0 Å². The summed E-state index contributed by atoms with van der Waals surface area (Å²) in [5.74, 6) is 0.198. The third kappa shape index (κ3) is 3.61. The van der Waals surface area contributed by atoms with Gasteiger partial charge in [-0.15, -0.1) is 5.10 Å². The molecular weight excluding hydrogens is 370 g/mol. The summed E-state index contributed by atoms with van der Waals surface area (Å²) in [6, 6.07) is 6.74. The second-order valence-electron chi connectivity index (χ2n) is 5.79. The Morgan fingerprint density at radius 1 is 1.37 bits per heavy atom. The molecule has 0 aliphatic carbocycles. The molecule has 9 heteroatoms. The molecule has 3 N–H and O–H groups in total. The molecule has 0 saturated carbocycles. The molecule has 8 nitrogen and oxygen atoms in total. The van der Waals surface area contributed by atoms with Crippen LogP contribution in [0.1, 0.15) is 29.8 Å². The summed E-state index contributed by atoms with van der Waals surface area (Å²) < 4.78 is 6.49. The molecule has 0 aliphatic rings. The van der Waals surface area contributed by atoms with Crippen molar-refractivity contribution < 1.29 is 14.6 Å². The number of anilines is 2. The van der Waals surface area contributed by atoms with Gasteiger partial charge in [-0.2, -0.15) is 0 Å². The number of nitrogens with two attached hydrogens (primary N) is 1. The number of hydrogen-bond donors (Lipinski definition) is 2. The molecule has 3 rings (SSSR count). The zero-order valence-electron chi connectivity index (χ0n) is 15.0. The first-order chi connectivity index (χ1) is 13.0. The summed E-state index contributed by atoms with van der Waals surface area (Å²) in [4.78, 5) is 18.7. The Kier molecular flexibility index (Phi) is 5.36. The van der Waals surface area contributed by atoms with E-state index >= 15 is 0 Å². The van der Waals surface area contributed by atoms with Gasteiger partial charge in [-0.1, -0.05) is 17.7 Å². The predicted octanol–water partition coefficient (Wildman–Crippen LogP) is 2.87. The molecule has 0 saturated heterocycles. The molecule has 0 aliphatic heterocycles. The maximum atomic E-state index is 12.2. The van der Waals surface area contributed by atoms with Crippen LogP contribution in [0.3, 0.4) is 0 Å². The predicted molar refractivity (Wildman–Crippen MR) is 103 cm³/mol. The number of nitrogens with zero attached hydrogens (tertiary/aromatic N) is 4. The van der Waals surface area contributed by atoms with Gasteiger partial charge >= 0.3 is 5.97 Å². The molecule has 0 radical (unpaired) electrons. The first kappa shape index (κ1) is 18.8. The number of esters is 1. The van der Waals surface area contributed by atoms with Gasteiger partial charge in [0.25, 0.3) is 0 Å². The Labute approximate surface area is 161 Å². The van der Waals surface area contributed by atoms with Crippen LogP contribution in [0.25, 0.3) is 5.65 Å².